The summed E-state index contributed by atoms with van der Waals surface area (Å²) in [6.45, 7) is 1.77. The third kappa shape index (κ3) is 2.32. The van der Waals surface area contributed by atoms with Gasteiger partial charge in [0.1, 0.15) is 11.6 Å². The van der Waals surface area contributed by atoms with E-state index >= 15 is 0 Å². The molecule has 0 aliphatic carbocycles. The first-order valence-electron chi connectivity index (χ1n) is 5.43. The maximum atomic E-state index is 13.2. The van der Waals surface area contributed by atoms with Gasteiger partial charge in [0, 0.05) is 12.4 Å². The van der Waals surface area contributed by atoms with Gasteiger partial charge >= 0.3 is 0 Å². The fraction of sp³-hybridized carbons (Fsp3) is 0.167. The van der Waals surface area contributed by atoms with E-state index in [1.54, 1.807) is 19.3 Å². The Kier molecular flexibility index (Phi) is 3.27. The zero-order valence-electron chi connectivity index (χ0n) is 9.77. The monoisotopic (exact) mass is 248 g/mol. The van der Waals surface area contributed by atoms with E-state index in [1.165, 1.54) is 18.2 Å². The van der Waals surface area contributed by atoms with Crippen LogP contribution in [0.5, 0.6) is 0 Å². The Morgan fingerprint density at radius 2 is 2.33 bits per heavy atom. The highest BCUT2D eigenvalue weighted by Gasteiger charge is 2.16. The first-order valence-corrected chi connectivity index (χ1v) is 5.43. The van der Waals surface area contributed by atoms with Crippen LogP contribution in [0.4, 0.5) is 10.1 Å². The third-order valence-corrected chi connectivity index (χ3v) is 2.57. The molecule has 18 heavy (non-hydrogen) atoms. The van der Waals surface area contributed by atoms with Crippen molar-refractivity contribution in [2.75, 3.05) is 5.73 Å². The Morgan fingerprint density at radius 1 is 1.56 bits per heavy atom. The average Bonchev–Trinajstić information content (AvgIpc) is 2.86. The Labute approximate surface area is 103 Å². The maximum absolute atomic E-state index is 13.2. The Morgan fingerprint density at radius 3 is 3.00 bits per heavy atom. The number of carbonyl (C=O) groups excluding carboxylic acids is 1. The van der Waals surface area contributed by atoms with E-state index in [9.17, 15) is 9.18 Å². The molecule has 1 amide bonds. The third-order valence-electron chi connectivity index (χ3n) is 2.57. The Bertz CT molecular complexity index is 553. The van der Waals surface area contributed by atoms with Crippen LogP contribution < -0.4 is 11.1 Å². The van der Waals surface area contributed by atoms with E-state index in [-0.39, 0.29) is 17.3 Å². The van der Waals surface area contributed by atoms with Crippen LogP contribution in [0.1, 0.15) is 29.1 Å². The number of hydrogen-bond acceptors (Lipinski definition) is 3. The van der Waals surface area contributed by atoms with Crippen LogP contribution in [-0.4, -0.2) is 15.9 Å². The first kappa shape index (κ1) is 12.1. The smallest absolute Gasteiger partial charge is 0.254 e. The SMILES string of the molecule is CC(NC(=O)c1cccc(F)c1N)c1ncc[nH]1. The lowest BCUT2D eigenvalue weighted by atomic mass is 10.1. The number of aromatic nitrogens is 2. The number of halogens is 1. The van der Waals surface area contributed by atoms with Crippen molar-refractivity contribution < 1.29 is 9.18 Å². The normalized spacial score (nSPS) is 12.1. The molecule has 94 valence electrons. The van der Waals surface area contributed by atoms with E-state index in [0.29, 0.717) is 5.82 Å². The van der Waals surface area contributed by atoms with Crippen LogP contribution in [0.2, 0.25) is 0 Å². The summed E-state index contributed by atoms with van der Waals surface area (Å²) in [5, 5.41) is 2.69. The van der Waals surface area contributed by atoms with Gasteiger partial charge in [-0.15, -0.1) is 0 Å². The number of benzene rings is 1. The lowest BCUT2D eigenvalue weighted by Crippen LogP contribution is -2.28. The number of carbonyl (C=O) groups is 1. The van der Waals surface area contributed by atoms with Gasteiger partial charge in [-0.3, -0.25) is 4.79 Å². The second-order valence-corrected chi connectivity index (χ2v) is 3.87. The van der Waals surface area contributed by atoms with E-state index in [4.69, 9.17) is 5.73 Å². The molecule has 1 atom stereocenters. The van der Waals surface area contributed by atoms with Gasteiger partial charge in [0.05, 0.1) is 17.3 Å². The number of hydrogen-bond donors (Lipinski definition) is 3. The number of amides is 1. The fourth-order valence-corrected chi connectivity index (χ4v) is 1.59. The van der Waals surface area contributed by atoms with Gasteiger partial charge in [-0.25, -0.2) is 9.37 Å². The molecule has 0 saturated carbocycles. The zero-order chi connectivity index (χ0) is 13.1. The van der Waals surface area contributed by atoms with Gasteiger partial charge in [-0.2, -0.15) is 0 Å². The molecule has 1 aromatic heterocycles. The summed E-state index contributed by atoms with van der Waals surface area (Å²) >= 11 is 0. The summed E-state index contributed by atoms with van der Waals surface area (Å²) in [4.78, 5) is 18.8. The van der Waals surface area contributed by atoms with Gasteiger partial charge < -0.3 is 16.0 Å². The molecule has 0 spiro atoms. The summed E-state index contributed by atoms with van der Waals surface area (Å²) in [6, 6.07) is 3.82. The predicted molar refractivity (Wildman–Crippen MR) is 65.3 cm³/mol. The average molecular weight is 248 g/mol. The maximum Gasteiger partial charge on any atom is 0.254 e. The molecule has 6 heteroatoms. The lowest BCUT2D eigenvalue weighted by molar-refractivity contribution is 0.0939. The molecular formula is C12H13FN4O. The van der Waals surface area contributed by atoms with Crippen LogP contribution in [0.25, 0.3) is 0 Å². The van der Waals surface area contributed by atoms with Crippen molar-refractivity contribution in [1.82, 2.24) is 15.3 Å². The predicted octanol–water partition coefficient (Wildman–Crippen LogP) is 1.62. The number of aromatic amines is 1. The number of nitrogens with two attached hydrogens (primary N) is 1. The molecule has 0 bridgehead atoms. The molecule has 0 saturated heterocycles. The Hall–Kier alpha value is -2.37. The quantitative estimate of drug-likeness (QED) is 0.722. The molecule has 1 aromatic carbocycles. The summed E-state index contributed by atoms with van der Waals surface area (Å²) < 4.78 is 13.2. The molecule has 1 heterocycles. The highest BCUT2D eigenvalue weighted by atomic mass is 19.1. The minimum Gasteiger partial charge on any atom is -0.396 e. The van der Waals surface area contributed by atoms with E-state index in [0.717, 1.165) is 0 Å². The number of nitrogen functional groups attached to an aromatic ring is 1. The van der Waals surface area contributed by atoms with E-state index in [2.05, 4.69) is 15.3 Å². The molecule has 5 nitrogen and oxygen atoms in total. The number of nitrogens with one attached hydrogen (secondary N) is 2. The van der Waals surface area contributed by atoms with Crippen molar-refractivity contribution in [3.05, 3.63) is 47.8 Å². The number of rotatable bonds is 3. The second-order valence-electron chi connectivity index (χ2n) is 3.87. The highest BCUT2D eigenvalue weighted by Crippen LogP contribution is 2.16. The van der Waals surface area contributed by atoms with Crippen LogP contribution in [0.15, 0.2) is 30.6 Å². The van der Waals surface area contributed by atoms with E-state index < -0.39 is 11.7 Å². The summed E-state index contributed by atoms with van der Waals surface area (Å²) in [7, 11) is 0. The number of anilines is 1. The topological polar surface area (TPSA) is 83.8 Å². The van der Waals surface area contributed by atoms with Crippen LogP contribution in [0.3, 0.4) is 0 Å². The molecular weight excluding hydrogens is 235 g/mol. The first-order chi connectivity index (χ1) is 8.59. The summed E-state index contributed by atoms with van der Waals surface area (Å²) in [5.41, 5.74) is 5.49. The van der Waals surface area contributed by atoms with E-state index in [1.807, 2.05) is 0 Å². The van der Waals surface area contributed by atoms with Crippen LogP contribution in [0, 0.1) is 5.82 Å². The van der Waals surface area contributed by atoms with Crippen LogP contribution in [-0.2, 0) is 0 Å². The minimum absolute atomic E-state index is 0.119. The zero-order valence-corrected chi connectivity index (χ0v) is 9.77. The van der Waals surface area contributed by atoms with Gasteiger partial charge in [0.2, 0.25) is 0 Å². The molecule has 0 aliphatic heterocycles. The molecule has 4 N–H and O–H groups in total. The number of H-pyrrole nitrogens is 1. The van der Waals surface area contributed by atoms with Gasteiger partial charge in [-0.1, -0.05) is 6.07 Å². The van der Waals surface area contributed by atoms with Crippen molar-refractivity contribution in [3.63, 3.8) is 0 Å². The number of nitrogens with zero attached hydrogens (tertiary/aromatic N) is 1. The molecule has 0 radical (unpaired) electrons. The Balaban J connectivity index is 2.15. The molecule has 1 unspecified atom stereocenters. The van der Waals surface area contributed by atoms with Crippen LogP contribution >= 0.6 is 0 Å². The van der Waals surface area contributed by atoms with Crippen molar-refractivity contribution in [2.45, 2.75) is 13.0 Å². The molecule has 0 fully saturated rings. The number of imidazole rings is 1. The van der Waals surface area contributed by atoms with Crippen molar-refractivity contribution in [3.8, 4) is 0 Å². The molecule has 2 rings (SSSR count). The fourth-order valence-electron chi connectivity index (χ4n) is 1.59. The standard InChI is InChI=1S/C12H13FN4O/c1-7(11-15-5-6-16-11)17-12(18)8-3-2-4-9(13)10(8)14/h2-7H,14H2,1H3,(H,15,16)(H,17,18). The molecule has 2 aromatic rings. The van der Waals surface area contributed by atoms with Crippen molar-refractivity contribution >= 4 is 11.6 Å². The lowest BCUT2D eigenvalue weighted by Gasteiger charge is -2.12. The van der Waals surface area contributed by atoms with Crippen molar-refractivity contribution in [2.24, 2.45) is 0 Å². The minimum atomic E-state index is -0.603. The number of para-hydroxylation sites is 1. The highest BCUT2D eigenvalue weighted by molar-refractivity contribution is 5.99. The summed E-state index contributed by atoms with van der Waals surface area (Å²) in [6.07, 6.45) is 3.25. The largest absolute Gasteiger partial charge is 0.396 e. The van der Waals surface area contributed by atoms with Gasteiger partial charge in [0.15, 0.2) is 0 Å². The van der Waals surface area contributed by atoms with Gasteiger partial charge in [0.25, 0.3) is 5.91 Å². The second kappa shape index (κ2) is 4.87. The van der Waals surface area contributed by atoms with Crippen molar-refractivity contribution in [1.29, 1.82) is 0 Å². The molecule has 0 aliphatic rings. The van der Waals surface area contributed by atoms with Gasteiger partial charge in [-0.05, 0) is 19.1 Å². The summed E-state index contributed by atoms with van der Waals surface area (Å²) in [5.74, 6) is -0.414.